The SMILES string of the molecule is O=C(Nc1ccc(S(=O)(=O)Cl)c(Cl)c1)N1CCCC1. The highest BCUT2D eigenvalue weighted by molar-refractivity contribution is 8.13. The second-order valence-electron chi connectivity index (χ2n) is 4.21. The van der Waals surface area contributed by atoms with Gasteiger partial charge in [-0.1, -0.05) is 11.6 Å². The number of likely N-dealkylation sites (tertiary alicyclic amines) is 1. The third kappa shape index (κ3) is 3.52. The van der Waals surface area contributed by atoms with Crippen molar-refractivity contribution in [3.63, 3.8) is 0 Å². The summed E-state index contributed by atoms with van der Waals surface area (Å²) in [5, 5.41) is 2.65. The maximum atomic E-state index is 11.8. The zero-order valence-electron chi connectivity index (χ0n) is 9.90. The van der Waals surface area contributed by atoms with Crippen LogP contribution in [0, 0.1) is 0 Å². The quantitative estimate of drug-likeness (QED) is 0.851. The topological polar surface area (TPSA) is 66.5 Å². The number of halogens is 2. The molecule has 0 unspecified atom stereocenters. The number of amides is 2. The number of carbonyl (C=O) groups excluding carboxylic acids is 1. The van der Waals surface area contributed by atoms with E-state index in [-0.39, 0.29) is 15.9 Å². The number of rotatable bonds is 2. The first kappa shape index (κ1) is 14.4. The zero-order chi connectivity index (χ0) is 14.0. The molecule has 0 atom stereocenters. The summed E-state index contributed by atoms with van der Waals surface area (Å²) >= 11 is 5.83. The fraction of sp³-hybridized carbons (Fsp3) is 0.364. The molecular formula is C11H12Cl2N2O3S. The molecule has 2 amide bonds. The van der Waals surface area contributed by atoms with E-state index in [1.54, 1.807) is 4.90 Å². The molecule has 1 aliphatic rings. The highest BCUT2D eigenvalue weighted by Gasteiger charge is 2.19. The summed E-state index contributed by atoms with van der Waals surface area (Å²) in [6.07, 6.45) is 2.00. The minimum Gasteiger partial charge on any atom is -0.325 e. The van der Waals surface area contributed by atoms with Crippen LogP contribution in [-0.2, 0) is 9.05 Å². The Hall–Kier alpha value is -0.980. The molecule has 0 aromatic heterocycles. The number of nitrogens with one attached hydrogen (secondary N) is 1. The Morgan fingerprint density at radius 2 is 1.89 bits per heavy atom. The summed E-state index contributed by atoms with van der Waals surface area (Å²) in [7, 11) is 1.34. The van der Waals surface area contributed by atoms with E-state index < -0.39 is 9.05 Å². The van der Waals surface area contributed by atoms with Gasteiger partial charge in [0.25, 0.3) is 9.05 Å². The Labute approximate surface area is 120 Å². The molecule has 0 saturated carbocycles. The minimum atomic E-state index is -3.88. The van der Waals surface area contributed by atoms with Crippen molar-refractivity contribution in [3.05, 3.63) is 23.2 Å². The summed E-state index contributed by atoms with van der Waals surface area (Å²) < 4.78 is 22.4. The summed E-state index contributed by atoms with van der Waals surface area (Å²) in [5.74, 6) is 0. The Bertz CT molecular complexity index is 598. The van der Waals surface area contributed by atoms with Gasteiger partial charge < -0.3 is 10.2 Å². The van der Waals surface area contributed by atoms with Crippen molar-refractivity contribution >= 4 is 43.1 Å². The highest BCUT2D eigenvalue weighted by atomic mass is 35.7. The van der Waals surface area contributed by atoms with E-state index in [4.69, 9.17) is 22.3 Å². The molecule has 1 aliphatic heterocycles. The van der Waals surface area contributed by atoms with Crippen molar-refractivity contribution < 1.29 is 13.2 Å². The van der Waals surface area contributed by atoms with Crippen molar-refractivity contribution in [2.24, 2.45) is 0 Å². The second-order valence-corrected chi connectivity index (χ2v) is 7.15. The monoisotopic (exact) mass is 322 g/mol. The first-order valence-corrected chi connectivity index (χ1v) is 8.37. The Kier molecular flexibility index (Phi) is 4.23. The average molecular weight is 323 g/mol. The lowest BCUT2D eigenvalue weighted by Crippen LogP contribution is -2.32. The largest absolute Gasteiger partial charge is 0.325 e. The van der Waals surface area contributed by atoms with Crippen LogP contribution in [0.25, 0.3) is 0 Å². The molecule has 8 heteroatoms. The van der Waals surface area contributed by atoms with Crippen molar-refractivity contribution in [3.8, 4) is 0 Å². The van der Waals surface area contributed by atoms with Crippen LogP contribution in [-0.4, -0.2) is 32.4 Å². The van der Waals surface area contributed by atoms with Crippen LogP contribution in [0.5, 0.6) is 0 Å². The third-order valence-electron chi connectivity index (χ3n) is 2.84. The fourth-order valence-corrected chi connectivity index (χ4v) is 3.43. The standard InChI is InChI=1S/C11H12Cl2N2O3S/c12-9-7-8(3-4-10(9)19(13,17)18)14-11(16)15-5-1-2-6-15/h3-4,7H,1-2,5-6H2,(H,14,16). The lowest BCUT2D eigenvalue weighted by atomic mass is 10.3. The van der Waals surface area contributed by atoms with Crippen LogP contribution < -0.4 is 5.32 Å². The smallest absolute Gasteiger partial charge is 0.321 e. The number of nitrogens with zero attached hydrogens (tertiary/aromatic N) is 1. The molecule has 19 heavy (non-hydrogen) atoms. The highest BCUT2D eigenvalue weighted by Crippen LogP contribution is 2.27. The molecule has 1 fully saturated rings. The molecule has 1 N–H and O–H groups in total. The second kappa shape index (κ2) is 5.56. The third-order valence-corrected chi connectivity index (χ3v) is 4.64. The van der Waals surface area contributed by atoms with Gasteiger partial charge in [0.1, 0.15) is 4.90 Å². The van der Waals surface area contributed by atoms with E-state index >= 15 is 0 Å². The number of benzene rings is 1. The molecular weight excluding hydrogens is 311 g/mol. The maximum Gasteiger partial charge on any atom is 0.321 e. The van der Waals surface area contributed by atoms with Crippen LogP contribution in [0.4, 0.5) is 10.5 Å². The van der Waals surface area contributed by atoms with Crippen molar-refractivity contribution in [1.82, 2.24) is 4.90 Å². The van der Waals surface area contributed by atoms with Gasteiger partial charge in [-0.3, -0.25) is 0 Å². The van der Waals surface area contributed by atoms with Gasteiger partial charge >= 0.3 is 6.03 Å². The normalized spacial score (nSPS) is 15.6. The molecule has 0 aliphatic carbocycles. The van der Waals surface area contributed by atoms with Gasteiger partial charge in [0.15, 0.2) is 0 Å². The van der Waals surface area contributed by atoms with E-state index in [0.717, 1.165) is 25.9 Å². The molecule has 0 bridgehead atoms. The first-order valence-electron chi connectivity index (χ1n) is 5.68. The summed E-state index contributed by atoms with van der Waals surface area (Å²) in [5.41, 5.74) is 0.436. The van der Waals surface area contributed by atoms with Gasteiger partial charge in [-0.2, -0.15) is 0 Å². The van der Waals surface area contributed by atoms with E-state index in [9.17, 15) is 13.2 Å². The van der Waals surface area contributed by atoms with Crippen LogP contribution in [0.1, 0.15) is 12.8 Å². The predicted octanol–water partition coefficient (Wildman–Crippen LogP) is 2.90. The summed E-state index contributed by atoms with van der Waals surface area (Å²) in [4.78, 5) is 13.4. The number of hydrogen-bond donors (Lipinski definition) is 1. The predicted molar refractivity (Wildman–Crippen MR) is 74.3 cm³/mol. The maximum absolute atomic E-state index is 11.8. The molecule has 1 saturated heterocycles. The molecule has 0 radical (unpaired) electrons. The lowest BCUT2D eigenvalue weighted by molar-refractivity contribution is 0.222. The number of anilines is 1. The number of urea groups is 1. The van der Waals surface area contributed by atoms with Gasteiger partial charge in [0.05, 0.1) is 5.02 Å². The number of carbonyl (C=O) groups is 1. The molecule has 2 rings (SSSR count). The molecule has 5 nitrogen and oxygen atoms in total. The van der Waals surface area contributed by atoms with Gasteiger partial charge in [-0.25, -0.2) is 13.2 Å². The van der Waals surface area contributed by atoms with Gasteiger partial charge in [0.2, 0.25) is 0 Å². The minimum absolute atomic E-state index is 0.0192. The fourth-order valence-electron chi connectivity index (χ4n) is 1.90. The summed E-state index contributed by atoms with van der Waals surface area (Å²) in [6, 6.07) is 3.87. The van der Waals surface area contributed by atoms with Crippen molar-refractivity contribution in [2.75, 3.05) is 18.4 Å². The van der Waals surface area contributed by atoms with Gasteiger partial charge in [0, 0.05) is 29.5 Å². The van der Waals surface area contributed by atoms with E-state index in [0.29, 0.717) is 5.69 Å². The van der Waals surface area contributed by atoms with Gasteiger partial charge in [-0.15, -0.1) is 0 Å². The Balaban J connectivity index is 2.14. The van der Waals surface area contributed by atoms with Crippen molar-refractivity contribution in [1.29, 1.82) is 0 Å². The average Bonchev–Trinajstić information content (AvgIpc) is 2.80. The van der Waals surface area contributed by atoms with E-state index in [1.807, 2.05) is 0 Å². The molecule has 1 aromatic carbocycles. The first-order chi connectivity index (χ1) is 8.88. The Morgan fingerprint density at radius 3 is 2.42 bits per heavy atom. The van der Waals surface area contributed by atoms with E-state index in [1.165, 1.54) is 18.2 Å². The summed E-state index contributed by atoms with van der Waals surface area (Å²) in [6.45, 7) is 1.46. The van der Waals surface area contributed by atoms with E-state index in [2.05, 4.69) is 5.32 Å². The van der Waals surface area contributed by atoms with Crippen LogP contribution in [0.15, 0.2) is 23.1 Å². The van der Waals surface area contributed by atoms with Crippen LogP contribution >= 0.6 is 22.3 Å². The zero-order valence-corrected chi connectivity index (χ0v) is 12.2. The molecule has 1 heterocycles. The lowest BCUT2D eigenvalue weighted by Gasteiger charge is -2.16. The van der Waals surface area contributed by atoms with Gasteiger partial charge in [-0.05, 0) is 31.0 Å². The van der Waals surface area contributed by atoms with Crippen LogP contribution in [0.3, 0.4) is 0 Å². The molecule has 104 valence electrons. The number of hydrogen-bond acceptors (Lipinski definition) is 3. The molecule has 0 spiro atoms. The van der Waals surface area contributed by atoms with Crippen molar-refractivity contribution in [2.45, 2.75) is 17.7 Å². The Morgan fingerprint density at radius 1 is 1.26 bits per heavy atom. The van der Waals surface area contributed by atoms with Crippen LogP contribution in [0.2, 0.25) is 5.02 Å². The molecule has 1 aromatic rings.